The van der Waals surface area contributed by atoms with E-state index in [1.54, 1.807) is 24.4 Å². The summed E-state index contributed by atoms with van der Waals surface area (Å²) in [5, 5.41) is 11.9. The van der Waals surface area contributed by atoms with Crippen LogP contribution in [0.4, 0.5) is 11.4 Å². The maximum absolute atomic E-state index is 13.1. The smallest absolute Gasteiger partial charge is 0.266 e. The normalized spacial score (nSPS) is 11.0. The molecule has 4 aromatic rings. The van der Waals surface area contributed by atoms with Crippen molar-refractivity contribution in [1.29, 1.82) is 0 Å². The summed E-state index contributed by atoms with van der Waals surface area (Å²) in [7, 11) is 0. The van der Waals surface area contributed by atoms with E-state index in [-0.39, 0.29) is 21.8 Å². The van der Waals surface area contributed by atoms with E-state index in [0.29, 0.717) is 29.4 Å². The summed E-state index contributed by atoms with van der Waals surface area (Å²) in [6.45, 7) is 4.73. The minimum Gasteiger partial charge on any atom is -0.504 e. The average Bonchev–Trinajstić information content (AvgIpc) is 2.89. The molecular formula is C28H28ClN3O3S. The Balaban J connectivity index is 1.74. The van der Waals surface area contributed by atoms with Crippen LogP contribution in [0.5, 0.6) is 5.75 Å². The number of aromatic nitrogens is 2. The van der Waals surface area contributed by atoms with Gasteiger partial charge in [0.15, 0.2) is 5.75 Å². The molecule has 6 nitrogen and oxygen atoms in total. The fraction of sp³-hybridized carbons (Fsp3) is 0.214. The number of hydrogen-bond acceptors (Lipinski definition) is 5. The van der Waals surface area contributed by atoms with Gasteiger partial charge in [0, 0.05) is 40.8 Å². The molecule has 8 heteroatoms. The number of halogens is 1. The third-order valence-electron chi connectivity index (χ3n) is 5.84. The standard InChI is InChI=1S/C28H28ClN3O3S/c1-3-5-11-23-25(31(4-2)20-9-7-6-8-10-20)26(34)27(28(35)30-23)36-22-15-13-21(14-16-22)32-18-19(29)12-17-24(32)33/h6-10,12-18H,3-5,11H2,1-2H3,(H2,30,34,35). The Morgan fingerprint density at radius 1 is 1.00 bits per heavy atom. The van der Waals surface area contributed by atoms with Crippen LogP contribution in [0, 0.1) is 0 Å². The third kappa shape index (κ3) is 5.53. The van der Waals surface area contributed by atoms with Crippen LogP contribution in [0.15, 0.2) is 92.3 Å². The van der Waals surface area contributed by atoms with E-state index in [1.165, 1.54) is 22.4 Å². The maximum atomic E-state index is 13.1. The number of aromatic hydroxyl groups is 1. The van der Waals surface area contributed by atoms with Crippen LogP contribution >= 0.6 is 23.4 Å². The third-order valence-corrected chi connectivity index (χ3v) is 7.15. The van der Waals surface area contributed by atoms with Crippen LogP contribution in [0.3, 0.4) is 0 Å². The Morgan fingerprint density at radius 3 is 2.39 bits per heavy atom. The van der Waals surface area contributed by atoms with Gasteiger partial charge in [-0.1, -0.05) is 54.9 Å². The molecule has 0 fully saturated rings. The minimum atomic E-state index is -0.327. The lowest BCUT2D eigenvalue weighted by molar-refractivity contribution is 0.458. The molecule has 0 aliphatic carbocycles. The number of pyridine rings is 2. The van der Waals surface area contributed by atoms with Crippen molar-refractivity contribution in [3.8, 4) is 11.4 Å². The number of nitrogens with zero attached hydrogens (tertiary/aromatic N) is 2. The zero-order valence-corrected chi connectivity index (χ0v) is 21.8. The molecule has 4 rings (SSSR count). The molecule has 2 aromatic heterocycles. The van der Waals surface area contributed by atoms with Gasteiger partial charge in [0.2, 0.25) is 0 Å². The van der Waals surface area contributed by atoms with Gasteiger partial charge in [0.25, 0.3) is 11.1 Å². The summed E-state index contributed by atoms with van der Waals surface area (Å²) in [5.74, 6) is -0.0318. The number of anilines is 2. The van der Waals surface area contributed by atoms with Crippen molar-refractivity contribution in [2.45, 2.75) is 42.9 Å². The Hall–Kier alpha value is -3.42. The molecule has 0 saturated carbocycles. The van der Waals surface area contributed by atoms with E-state index >= 15 is 0 Å². The molecule has 0 radical (unpaired) electrons. The Morgan fingerprint density at radius 2 is 1.72 bits per heavy atom. The van der Waals surface area contributed by atoms with E-state index < -0.39 is 0 Å². The number of hydrogen-bond donors (Lipinski definition) is 2. The quantitative estimate of drug-likeness (QED) is 0.261. The topological polar surface area (TPSA) is 78.3 Å². The van der Waals surface area contributed by atoms with E-state index in [1.807, 2.05) is 54.3 Å². The molecule has 36 heavy (non-hydrogen) atoms. The highest BCUT2D eigenvalue weighted by molar-refractivity contribution is 7.99. The Bertz CT molecular complexity index is 1450. The largest absolute Gasteiger partial charge is 0.504 e. The SMILES string of the molecule is CCCCc1[nH]c(=O)c(Sc2ccc(-n3cc(Cl)ccc3=O)cc2)c(O)c1N(CC)c1ccccc1. The second-order valence-electron chi connectivity index (χ2n) is 8.29. The summed E-state index contributed by atoms with van der Waals surface area (Å²) in [6.07, 6.45) is 4.09. The first kappa shape index (κ1) is 25.7. The van der Waals surface area contributed by atoms with Crippen molar-refractivity contribution < 1.29 is 5.11 Å². The van der Waals surface area contributed by atoms with Crippen molar-refractivity contribution in [1.82, 2.24) is 9.55 Å². The first-order chi connectivity index (χ1) is 17.4. The summed E-state index contributed by atoms with van der Waals surface area (Å²) >= 11 is 7.24. The summed E-state index contributed by atoms with van der Waals surface area (Å²) in [4.78, 5) is 31.3. The average molecular weight is 522 g/mol. The van der Waals surface area contributed by atoms with Crippen molar-refractivity contribution >= 4 is 34.7 Å². The predicted molar refractivity (Wildman–Crippen MR) is 148 cm³/mol. The molecule has 186 valence electrons. The lowest BCUT2D eigenvalue weighted by Gasteiger charge is -2.27. The first-order valence-corrected chi connectivity index (χ1v) is 13.1. The van der Waals surface area contributed by atoms with Crippen molar-refractivity contribution in [2.24, 2.45) is 0 Å². The fourth-order valence-corrected chi connectivity index (χ4v) is 5.07. The molecule has 0 saturated heterocycles. The van der Waals surface area contributed by atoms with Gasteiger partial charge in [-0.15, -0.1) is 0 Å². The number of rotatable bonds is 9. The molecule has 0 amide bonds. The van der Waals surface area contributed by atoms with Gasteiger partial charge < -0.3 is 15.0 Å². The second-order valence-corrected chi connectivity index (χ2v) is 9.81. The highest BCUT2D eigenvalue weighted by Gasteiger charge is 2.23. The van der Waals surface area contributed by atoms with Gasteiger partial charge >= 0.3 is 0 Å². The zero-order chi connectivity index (χ0) is 25.7. The van der Waals surface area contributed by atoms with Gasteiger partial charge in [-0.3, -0.25) is 14.2 Å². The predicted octanol–water partition coefficient (Wildman–Crippen LogP) is 6.54. The second kappa shape index (κ2) is 11.5. The van der Waals surface area contributed by atoms with E-state index in [9.17, 15) is 14.7 Å². The minimum absolute atomic E-state index is 0.0318. The molecule has 0 atom stereocenters. The molecule has 2 aromatic carbocycles. The van der Waals surface area contributed by atoms with Crippen molar-refractivity contribution in [3.05, 3.63) is 104 Å². The molecule has 0 bridgehead atoms. The molecule has 0 aliphatic rings. The first-order valence-electron chi connectivity index (χ1n) is 11.9. The number of aryl methyl sites for hydroxylation is 1. The number of benzene rings is 2. The number of aromatic amines is 1. The number of para-hydroxylation sites is 1. The monoisotopic (exact) mass is 521 g/mol. The van der Waals surface area contributed by atoms with Crippen LogP contribution in [-0.4, -0.2) is 21.2 Å². The number of unbranched alkanes of at least 4 members (excludes halogenated alkanes) is 1. The maximum Gasteiger partial charge on any atom is 0.266 e. The molecule has 2 heterocycles. The molecule has 0 aliphatic heterocycles. The lowest BCUT2D eigenvalue weighted by atomic mass is 10.1. The van der Waals surface area contributed by atoms with E-state index in [4.69, 9.17) is 11.6 Å². The fourth-order valence-electron chi connectivity index (χ4n) is 4.06. The van der Waals surface area contributed by atoms with Crippen LogP contribution in [-0.2, 0) is 6.42 Å². The van der Waals surface area contributed by atoms with E-state index in [0.717, 1.165) is 29.1 Å². The summed E-state index contributed by atoms with van der Waals surface area (Å²) < 4.78 is 1.46. The highest BCUT2D eigenvalue weighted by Crippen LogP contribution is 2.42. The molecular weight excluding hydrogens is 494 g/mol. The molecule has 2 N–H and O–H groups in total. The Labute approximate surface area is 219 Å². The highest BCUT2D eigenvalue weighted by atomic mass is 35.5. The van der Waals surface area contributed by atoms with Crippen molar-refractivity contribution in [2.75, 3.05) is 11.4 Å². The summed E-state index contributed by atoms with van der Waals surface area (Å²) in [6, 6.07) is 20.0. The van der Waals surface area contributed by atoms with Gasteiger partial charge in [-0.25, -0.2) is 0 Å². The van der Waals surface area contributed by atoms with Gasteiger partial charge in [-0.05, 0) is 62.2 Å². The number of H-pyrrole nitrogens is 1. The van der Waals surface area contributed by atoms with Crippen LogP contribution in [0.2, 0.25) is 5.02 Å². The van der Waals surface area contributed by atoms with E-state index in [2.05, 4.69) is 11.9 Å². The summed E-state index contributed by atoms with van der Waals surface area (Å²) in [5.41, 5.74) is 2.42. The van der Waals surface area contributed by atoms with Crippen molar-refractivity contribution in [3.63, 3.8) is 0 Å². The number of nitrogens with one attached hydrogen (secondary N) is 1. The van der Waals surface area contributed by atoms with Crippen LogP contribution < -0.4 is 16.0 Å². The zero-order valence-electron chi connectivity index (χ0n) is 20.2. The van der Waals surface area contributed by atoms with Crippen LogP contribution in [0.1, 0.15) is 32.4 Å². The Kier molecular flexibility index (Phi) is 8.23. The molecule has 0 spiro atoms. The van der Waals surface area contributed by atoms with Gasteiger partial charge in [0.05, 0.1) is 5.02 Å². The lowest BCUT2D eigenvalue weighted by Crippen LogP contribution is -2.22. The van der Waals surface area contributed by atoms with Gasteiger partial charge in [0.1, 0.15) is 10.6 Å². The van der Waals surface area contributed by atoms with Gasteiger partial charge in [-0.2, -0.15) is 0 Å². The van der Waals surface area contributed by atoms with Crippen LogP contribution in [0.25, 0.3) is 5.69 Å². The molecule has 0 unspecified atom stereocenters.